The lowest BCUT2D eigenvalue weighted by Crippen LogP contribution is -2.18. The van der Waals surface area contributed by atoms with Gasteiger partial charge in [-0.25, -0.2) is 0 Å². The first-order valence-electron chi connectivity index (χ1n) is 5.98. The van der Waals surface area contributed by atoms with Gasteiger partial charge in [0.1, 0.15) is 0 Å². The summed E-state index contributed by atoms with van der Waals surface area (Å²) in [5.74, 6) is 1.82. The van der Waals surface area contributed by atoms with Crippen LogP contribution in [-0.4, -0.2) is 34.7 Å². The maximum Gasteiger partial charge on any atom is 0.275 e. The molecule has 0 unspecified atom stereocenters. The summed E-state index contributed by atoms with van der Waals surface area (Å²) in [5, 5.41) is 23.0. The first kappa shape index (κ1) is 16.2. The molecular formula is C12H17ClN2O3S. The number of nitro benzene ring substituents is 1. The minimum Gasteiger partial charge on any atom is -0.396 e. The number of hydrogen-bond donors (Lipinski definition) is 2. The van der Waals surface area contributed by atoms with Crippen molar-refractivity contribution in [1.82, 2.24) is 5.32 Å². The van der Waals surface area contributed by atoms with Crippen LogP contribution in [0, 0.1) is 10.1 Å². The lowest BCUT2D eigenvalue weighted by Gasteiger charge is -2.07. The van der Waals surface area contributed by atoms with E-state index in [-0.39, 0.29) is 12.3 Å². The van der Waals surface area contributed by atoms with Gasteiger partial charge >= 0.3 is 0 Å². The van der Waals surface area contributed by atoms with E-state index < -0.39 is 4.92 Å². The fourth-order valence-corrected chi connectivity index (χ4v) is 2.58. The first-order chi connectivity index (χ1) is 9.16. The van der Waals surface area contributed by atoms with Gasteiger partial charge in [-0.05, 0) is 18.2 Å². The summed E-state index contributed by atoms with van der Waals surface area (Å²) in [6, 6.07) is 4.69. The molecule has 0 amide bonds. The molecule has 0 atom stereocenters. The van der Waals surface area contributed by atoms with E-state index in [0.717, 1.165) is 24.5 Å². The molecule has 0 heterocycles. The van der Waals surface area contributed by atoms with Gasteiger partial charge in [-0.15, -0.1) is 0 Å². The Morgan fingerprint density at radius 2 is 2.21 bits per heavy atom. The van der Waals surface area contributed by atoms with Gasteiger partial charge in [0, 0.05) is 31.5 Å². The SMILES string of the molecule is O=[N+]([O-])c1cccc(Cl)c1CNCCSCCCO. The molecule has 0 aliphatic heterocycles. The number of benzene rings is 1. The van der Waals surface area contributed by atoms with Crippen molar-refractivity contribution in [3.8, 4) is 0 Å². The minimum absolute atomic E-state index is 0.0490. The van der Waals surface area contributed by atoms with E-state index >= 15 is 0 Å². The Kier molecular flexibility index (Phi) is 7.81. The van der Waals surface area contributed by atoms with Crippen LogP contribution in [0.25, 0.3) is 0 Å². The van der Waals surface area contributed by atoms with Crippen LogP contribution in [0.15, 0.2) is 18.2 Å². The van der Waals surface area contributed by atoms with Crippen molar-refractivity contribution in [3.05, 3.63) is 38.9 Å². The number of nitrogens with one attached hydrogen (secondary N) is 1. The molecule has 0 aromatic heterocycles. The zero-order chi connectivity index (χ0) is 14.1. The third-order valence-corrected chi connectivity index (χ3v) is 3.89. The van der Waals surface area contributed by atoms with Crippen molar-refractivity contribution in [2.75, 3.05) is 24.7 Å². The monoisotopic (exact) mass is 304 g/mol. The van der Waals surface area contributed by atoms with Crippen molar-refractivity contribution in [1.29, 1.82) is 0 Å². The lowest BCUT2D eigenvalue weighted by atomic mass is 10.2. The van der Waals surface area contributed by atoms with Gasteiger partial charge < -0.3 is 10.4 Å². The third-order valence-electron chi connectivity index (χ3n) is 2.46. The second kappa shape index (κ2) is 9.14. The average Bonchev–Trinajstić information content (AvgIpc) is 2.39. The minimum atomic E-state index is -0.418. The van der Waals surface area contributed by atoms with Crippen LogP contribution in [0.1, 0.15) is 12.0 Å². The number of aliphatic hydroxyl groups is 1. The van der Waals surface area contributed by atoms with Crippen molar-refractivity contribution < 1.29 is 10.0 Å². The van der Waals surface area contributed by atoms with Crippen molar-refractivity contribution in [3.63, 3.8) is 0 Å². The van der Waals surface area contributed by atoms with Crippen LogP contribution in [0.5, 0.6) is 0 Å². The van der Waals surface area contributed by atoms with E-state index in [9.17, 15) is 10.1 Å². The van der Waals surface area contributed by atoms with Crippen molar-refractivity contribution in [2.24, 2.45) is 0 Å². The molecule has 0 bridgehead atoms. The molecule has 106 valence electrons. The van der Waals surface area contributed by atoms with Crippen LogP contribution >= 0.6 is 23.4 Å². The smallest absolute Gasteiger partial charge is 0.275 e. The molecule has 0 fully saturated rings. The standard InChI is InChI=1S/C12H17ClN2O3S/c13-11-3-1-4-12(15(17)18)10(11)9-14-5-8-19-7-2-6-16/h1,3-4,14,16H,2,5-9H2. The maximum atomic E-state index is 10.9. The van der Waals surface area contributed by atoms with E-state index in [1.807, 2.05) is 0 Å². The second-order valence-electron chi connectivity index (χ2n) is 3.86. The summed E-state index contributed by atoms with van der Waals surface area (Å²) < 4.78 is 0. The lowest BCUT2D eigenvalue weighted by molar-refractivity contribution is -0.385. The normalized spacial score (nSPS) is 10.6. The molecule has 1 aromatic carbocycles. The van der Waals surface area contributed by atoms with Crippen LogP contribution in [-0.2, 0) is 6.54 Å². The number of rotatable bonds is 9. The van der Waals surface area contributed by atoms with E-state index in [0.29, 0.717) is 17.1 Å². The quantitative estimate of drug-likeness (QED) is 0.416. The van der Waals surface area contributed by atoms with Gasteiger partial charge in [0.2, 0.25) is 0 Å². The molecule has 1 rings (SSSR count). The topological polar surface area (TPSA) is 75.4 Å². The van der Waals surface area contributed by atoms with Gasteiger partial charge in [0.25, 0.3) is 5.69 Å². The van der Waals surface area contributed by atoms with E-state index in [1.54, 1.807) is 23.9 Å². The molecule has 0 aliphatic rings. The Hall–Kier alpha value is -0.820. The highest BCUT2D eigenvalue weighted by molar-refractivity contribution is 7.99. The molecule has 7 heteroatoms. The first-order valence-corrected chi connectivity index (χ1v) is 7.51. The molecule has 1 aromatic rings. The highest BCUT2D eigenvalue weighted by Gasteiger charge is 2.15. The molecule has 0 aliphatic carbocycles. The van der Waals surface area contributed by atoms with Gasteiger partial charge in [-0.2, -0.15) is 11.8 Å². The fraction of sp³-hybridized carbons (Fsp3) is 0.500. The van der Waals surface area contributed by atoms with Crippen molar-refractivity contribution >= 4 is 29.1 Å². The zero-order valence-electron chi connectivity index (χ0n) is 10.5. The molecule has 0 spiro atoms. The number of aliphatic hydroxyl groups excluding tert-OH is 1. The van der Waals surface area contributed by atoms with Crippen LogP contribution < -0.4 is 5.32 Å². The van der Waals surface area contributed by atoms with Crippen molar-refractivity contribution in [2.45, 2.75) is 13.0 Å². The summed E-state index contributed by atoms with van der Waals surface area (Å²) in [5.41, 5.74) is 0.572. The summed E-state index contributed by atoms with van der Waals surface area (Å²) in [6.07, 6.45) is 0.792. The van der Waals surface area contributed by atoms with E-state index in [1.165, 1.54) is 6.07 Å². The third kappa shape index (κ3) is 5.78. The Morgan fingerprint density at radius 1 is 1.42 bits per heavy atom. The Morgan fingerprint density at radius 3 is 2.89 bits per heavy atom. The molecule has 2 N–H and O–H groups in total. The number of nitro groups is 1. The molecular weight excluding hydrogens is 288 g/mol. The largest absolute Gasteiger partial charge is 0.396 e. The molecule has 19 heavy (non-hydrogen) atoms. The van der Waals surface area contributed by atoms with Gasteiger partial charge in [-0.3, -0.25) is 10.1 Å². The van der Waals surface area contributed by atoms with Crippen LogP contribution in [0.3, 0.4) is 0 Å². The second-order valence-corrected chi connectivity index (χ2v) is 5.49. The van der Waals surface area contributed by atoms with Gasteiger partial charge in [0.15, 0.2) is 0 Å². The fourth-order valence-electron chi connectivity index (χ4n) is 1.52. The number of halogens is 1. The Labute approximate surface area is 121 Å². The Balaban J connectivity index is 2.38. The summed E-state index contributed by atoms with van der Waals surface area (Å²) in [4.78, 5) is 10.5. The Bertz CT molecular complexity index is 418. The summed E-state index contributed by atoms with van der Waals surface area (Å²) in [7, 11) is 0. The molecule has 0 saturated heterocycles. The summed E-state index contributed by atoms with van der Waals surface area (Å²) in [6.45, 7) is 1.35. The highest BCUT2D eigenvalue weighted by atomic mass is 35.5. The van der Waals surface area contributed by atoms with Gasteiger partial charge in [0.05, 0.1) is 15.5 Å². The van der Waals surface area contributed by atoms with E-state index in [2.05, 4.69) is 5.32 Å². The molecule has 5 nitrogen and oxygen atoms in total. The number of nitrogens with zero attached hydrogens (tertiary/aromatic N) is 1. The van der Waals surface area contributed by atoms with Crippen LogP contribution in [0.4, 0.5) is 5.69 Å². The molecule has 0 radical (unpaired) electrons. The highest BCUT2D eigenvalue weighted by Crippen LogP contribution is 2.25. The van der Waals surface area contributed by atoms with E-state index in [4.69, 9.17) is 16.7 Å². The molecule has 0 saturated carbocycles. The maximum absolute atomic E-state index is 10.9. The number of thioether (sulfide) groups is 1. The predicted molar refractivity (Wildman–Crippen MR) is 78.8 cm³/mol. The predicted octanol–water partition coefficient (Wildman–Crippen LogP) is 2.45. The summed E-state index contributed by atoms with van der Waals surface area (Å²) >= 11 is 7.72. The average molecular weight is 305 g/mol. The number of hydrogen-bond acceptors (Lipinski definition) is 5. The van der Waals surface area contributed by atoms with Crippen LogP contribution in [0.2, 0.25) is 5.02 Å². The zero-order valence-corrected chi connectivity index (χ0v) is 12.0. The van der Waals surface area contributed by atoms with Gasteiger partial charge in [-0.1, -0.05) is 17.7 Å².